The second kappa shape index (κ2) is 6.93. The monoisotopic (exact) mass is 345 g/mol. The van der Waals surface area contributed by atoms with Crippen LogP contribution >= 0.6 is 22.9 Å². The molecule has 1 aromatic carbocycles. The molecule has 0 radical (unpaired) electrons. The van der Waals surface area contributed by atoms with Crippen LogP contribution in [0.15, 0.2) is 36.5 Å². The van der Waals surface area contributed by atoms with E-state index >= 15 is 0 Å². The summed E-state index contributed by atoms with van der Waals surface area (Å²) in [4.78, 5) is 13.9. The lowest BCUT2D eigenvalue weighted by atomic mass is 10.1. The molecule has 118 valence electrons. The van der Waals surface area contributed by atoms with E-state index in [4.69, 9.17) is 17.3 Å². The standard InChI is InChI=1S/C16H16ClN5S/c1-2-7-19-16-20-9-14(23-16)13-8-12(21-15(18)22-13)10-5-3-4-6-11(10)17/h3-6,8-9H,2,7H2,1H3,(H,19,20)(H2,18,21,22). The van der Waals surface area contributed by atoms with Gasteiger partial charge in [0.15, 0.2) is 5.13 Å². The zero-order valence-corrected chi connectivity index (χ0v) is 14.2. The number of aromatic nitrogens is 3. The molecule has 3 aromatic rings. The van der Waals surface area contributed by atoms with Crippen LogP contribution in [0, 0.1) is 0 Å². The lowest BCUT2D eigenvalue weighted by molar-refractivity contribution is 0.976. The number of anilines is 2. The molecule has 7 heteroatoms. The topological polar surface area (TPSA) is 76.7 Å². The third-order valence-electron chi connectivity index (χ3n) is 3.18. The first-order chi connectivity index (χ1) is 11.2. The van der Waals surface area contributed by atoms with Gasteiger partial charge in [-0.15, -0.1) is 0 Å². The predicted molar refractivity (Wildman–Crippen MR) is 96.8 cm³/mol. The maximum Gasteiger partial charge on any atom is 0.221 e. The number of benzene rings is 1. The molecule has 0 fully saturated rings. The summed E-state index contributed by atoms with van der Waals surface area (Å²) in [7, 11) is 0. The second-order valence-corrected chi connectivity index (χ2v) is 6.37. The molecule has 2 heterocycles. The molecule has 0 saturated carbocycles. The van der Waals surface area contributed by atoms with E-state index in [0.29, 0.717) is 10.7 Å². The molecule has 0 aliphatic heterocycles. The van der Waals surface area contributed by atoms with Crippen molar-refractivity contribution < 1.29 is 0 Å². The van der Waals surface area contributed by atoms with Crippen LogP contribution in [0.4, 0.5) is 11.1 Å². The second-order valence-electron chi connectivity index (χ2n) is 4.93. The number of nitrogens with two attached hydrogens (primary N) is 1. The number of nitrogens with one attached hydrogen (secondary N) is 1. The minimum atomic E-state index is 0.217. The lowest BCUT2D eigenvalue weighted by Crippen LogP contribution is -1.98. The van der Waals surface area contributed by atoms with Crippen molar-refractivity contribution in [2.45, 2.75) is 13.3 Å². The molecule has 0 unspecified atom stereocenters. The van der Waals surface area contributed by atoms with Crippen molar-refractivity contribution in [3.8, 4) is 21.8 Å². The van der Waals surface area contributed by atoms with E-state index in [9.17, 15) is 0 Å². The Hall–Kier alpha value is -2.18. The highest BCUT2D eigenvalue weighted by Crippen LogP contribution is 2.32. The van der Waals surface area contributed by atoms with Crippen molar-refractivity contribution in [3.05, 3.63) is 41.6 Å². The van der Waals surface area contributed by atoms with Gasteiger partial charge in [0.25, 0.3) is 0 Å². The van der Waals surface area contributed by atoms with Crippen molar-refractivity contribution >= 4 is 34.0 Å². The number of nitrogen functional groups attached to an aromatic ring is 1. The van der Waals surface area contributed by atoms with Gasteiger partial charge in [0.1, 0.15) is 0 Å². The molecular formula is C16H16ClN5S. The van der Waals surface area contributed by atoms with Crippen LogP contribution in [0.25, 0.3) is 21.8 Å². The van der Waals surface area contributed by atoms with Crippen LogP contribution in [-0.2, 0) is 0 Å². The summed E-state index contributed by atoms with van der Waals surface area (Å²) in [6, 6.07) is 9.42. The summed E-state index contributed by atoms with van der Waals surface area (Å²) in [5.74, 6) is 0.217. The Kier molecular flexibility index (Phi) is 4.73. The summed E-state index contributed by atoms with van der Waals surface area (Å²) >= 11 is 7.79. The van der Waals surface area contributed by atoms with Gasteiger partial charge in [-0.25, -0.2) is 15.0 Å². The maximum atomic E-state index is 6.25. The number of thiazole rings is 1. The molecular weight excluding hydrogens is 330 g/mol. The van der Waals surface area contributed by atoms with Gasteiger partial charge in [0.2, 0.25) is 5.95 Å². The Morgan fingerprint density at radius 1 is 1.22 bits per heavy atom. The largest absolute Gasteiger partial charge is 0.368 e. The van der Waals surface area contributed by atoms with E-state index in [0.717, 1.165) is 34.2 Å². The van der Waals surface area contributed by atoms with Crippen molar-refractivity contribution in [1.82, 2.24) is 15.0 Å². The smallest absolute Gasteiger partial charge is 0.221 e. The quantitative estimate of drug-likeness (QED) is 0.720. The van der Waals surface area contributed by atoms with Crippen LogP contribution in [0.3, 0.4) is 0 Å². The Labute approximate surface area is 143 Å². The van der Waals surface area contributed by atoms with Crippen molar-refractivity contribution in [3.63, 3.8) is 0 Å². The SMILES string of the molecule is CCCNc1ncc(-c2cc(-c3ccccc3Cl)nc(N)n2)s1. The van der Waals surface area contributed by atoms with E-state index in [1.54, 1.807) is 17.5 Å². The Morgan fingerprint density at radius 2 is 2.00 bits per heavy atom. The van der Waals surface area contributed by atoms with Crippen LogP contribution < -0.4 is 11.1 Å². The normalized spacial score (nSPS) is 10.7. The van der Waals surface area contributed by atoms with Gasteiger partial charge >= 0.3 is 0 Å². The molecule has 2 aromatic heterocycles. The Balaban J connectivity index is 1.98. The highest BCUT2D eigenvalue weighted by atomic mass is 35.5. The molecule has 0 amide bonds. The average Bonchev–Trinajstić information content (AvgIpc) is 3.02. The molecule has 23 heavy (non-hydrogen) atoms. The van der Waals surface area contributed by atoms with Crippen LogP contribution in [0.5, 0.6) is 0 Å². The van der Waals surface area contributed by atoms with E-state index in [2.05, 4.69) is 27.2 Å². The Bertz CT molecular complexity index is 818. The minimum absolute atomic E-state index is 0.217. The van der Waals surface area contributed by atoms with Crippen LogP contribution in [0.1, 0.15) is 13.3 Å². The average molecular weight is 346 g/mol. The van der Waals surface area contributed by atoms with E-state index in [-0.39, 0.29) is 5.95 Å². The summed E-state index contributed by atoms with van der Waals surface area (Å²) < 4.78 is 0. The summed E-state index contributed by atoms with van der Waals surface area (Å²) in [5.41, 5.74) is 8.15. The summed E-state index contributed by atoms with van der Waals surface area (Å²) in [6.45, 7) is 3.01. The molecule has 0 aliphatic carbocycles. The fourth-order valence-corrected chi connectivity index (χ4v) is 3.14. The summed E-state index contributed by atoms with van der Waals surface area (Å²) in [5, 5.41) is 4.77. The maximum absolute atomic E-state index is 6.25. The van der Waals surface area contributed by atoms with Crippen LogP contribution in [0.2, 0.25) is 5.02 Å². The summed E-state index contributed by atoms with van der Waals surface area (Å²) in [6.07, 6.45) is 2.84. The Morgan fingerprint density at radius 3 is 2.78 bits per heavy atom. The number of nitrogens with zero attached hydrogens (tertiary/aromatic N) is 3. The lowest BCUT2D eigenvalue weighted by Gasteiger charge is -2.06. The molecule has 0 aliphatic rings. The molecule has 3 rings (SSSR count). The fourth-order valence-electron chi connectivity index (χ4n) is 2.11. The van der Waals surface area contributed by atoms with Gasteiger partial charge in [-0.1, -0.05) is 48.1 Å². The van der Waals surface area contributed by atoms with Crippen molar-refractivity contribution in [2.24, 2.45) is 0 Å². The first kappa shape index (κ1) is 15.7. The van der Waals surface area contributed by atoms with Gasteiger partial charge in [-0.3, -0.25) is 0 Å². The number of hydrogen-bond acceptors (Lipinski definition) is 6. The van der Waals surface area contributed by atoms with Crippen molar-refractivity contribution in [2.75, 3.05) is 17.6 Å². The van der Waals surface area contributed by atoms with Crippen molar-refractivity contribution in [1.29, 1.82) is 0 Å². The van der Waals surface area contributed by atoms with Gasteiger partial charge in [0, 0.05) is 23.3 Å². The zero-order chi connectivity index (χ0) is 16.2. The van der Waals surface area contributed by atoms with Gasteiger partial charge < -0.3 is 11.1 Å². The number of rotatable bonds is 5. The first-order valence-electron chi connectivity index (χ1n) is 7.27. The first-order valence-corrected chi connectivity index (χ1v) is 8.46. The van der Waals surface area contributed by atoms with E-state index in [1.165, 1.54) is 0 Å². The third kappa shape index (κ3) is 3.60. The zero-order valence-electron chi connectivity index (χ0n) is 12.6. The minimum Gasteiger partial charge on any atom is -0.368 e. The van der Waals surface area contributed by atoms with E-state index < -0.39 is 0 Å². The molecule has 0 bridgehead atoms. The molecule has 0 saturated heterocycles. The van der Waals surface area contributed by atoms with Gasteiger partial charge in [0.05, 0.1) is 16.3 Å². The molecule has 5 nitrogen and oxygen atoms in total. The number of halogens is 1. The number of hydrogen-bond donors (Lipinski definition) is 2. The molecule has 0 spiro atoms. The highest BCUT2D eigenvalue weighted by Gasteiger charge is 2.11. The van der Waals surface area contributed by atoms with Gasteiger partial charge in [-0.2, -0.15) is 0 Å². The van der Waals surface area contributed by atoms with Crippen LogP contribution in [-0.4, -0.2) is 21.5 Å². The molecule has 0 atom stereocenters. The fraction of sp³-hybridized carbons (Fsp3) is 0.188. The predicted octanol–water partition coefficient (Wildman–Crippen LogP) is 4.32. The third-order valence-corrected chi connectivity index (χ3v) is 4.48. The highest BCUT2D eigenvalue weighted by molar-refractivity contribution is 7.18. The van der Waals surface area contributed by atoms with E-state index in [1.807, 2.05) is 30.3 Å². The van der Waals surface area contributed by atoms with Gasteiger partial charge in [-0.05, 0) is 18.6 Å². The molecule has 3 N–H and O–H groups in total.